The van der Waals surface area contributed by atoms with Crippen molar-refractivity contribution < 1.29 is 13.2 Å². The van der Waals surface area contributed by atoms with Crippen LogP contribution in [-0.4, -0.2) is 31.2 Å². The number of hydrogen-bond acceptors (Lipinski definition) is 3. The van der Waals surface area contributed by atoms with Crippen LogP contribution >= 0.6 is 11.6 Å². The number of nitrogens with one attached hydrogen (secondary N) is 1. The molecule has 0 aliphatic rings. The lowest BCUT2D eigenvalue weighted by Crippen LogP contribution is -2.14. The Morgan fingerprint density at radius 3 is 2.76 bits per heavy atom. The first-order valence-electron chi connectivity index (χ1n) is 4.84. The molecule has 0 fully saturated rings. The first kappa shape index (κ1) is 12.1. The quantitative estimate of drug-likeness (QED) is 0.869. The second-order valence-corrected chi connectivity index (χ2v) is 6.46. The second-order valence-electron chi connectivity index (χ2n) is 3.89. The van der Waals surface area contributed by atoms with Gasteiger partial charge in [-0.15, -0.1) is 0 Å². The Bertz CT molecular complexity index is 688. The van der Waals surface area contributed by atoms with Crippen LogP contribution < -0.4 is 0 Å². The normalized spacial score (nSPS) is 11.9. The predicted molar refractivity (Wildman–Crippen MR) is 67.4 cm³/mol. The molecule has 1 aromatic carbocycles. The number of fused-ring (bicyclic) bond motifs is 1. The molecule has 0 amide bonds. The van der Waals surface area contributed by atoms with Gasteiger partial charge in [0.25, 0.3) is 0 Å². The van der Waals surface area contributed by atoms with Crippen LogP contribution in [0.5, 0.6) is 0 Å². The Balaban J connectivity index is 2.46. The van der Waals surface area contributed by atoms with Gasteiger partial charge in [0, 0.05) is 33.9 Å². The van der Waals surface area contributed by atoms with Crippen LogP contribution in [0.15, 0.2) is 24.4 Å². The van der Waals surface area contributed by atoms with E-state index in [2.05, 4.69) is 4.98 Å². The number of aromatic nitrogens is 1. The molecule has 0 atom stereocenters. The van der Waals surface area contributed by atoms with Gasteiger partial charge < -0.3 is 4.98 Å². The zero-order valence-corrected chi connectivity index (χ0v) is 10.6. The molecule has 2 aromatic rings. The summed E-state index contributed by atoms with van der Waals surface area (Å²) in [5.41, 5.74) is 1.09. The summed E-state index contributed by atoms with van der Waals surface area (Å²) in [5.74, 6) is -0.899. The van der Waals surface area contributed by atoms with Crippen LogP contribution in [0.4, 0.5) is 0 Å². The molecule has 0 aliphatic carbocycles. The monoisotopic (exact) mass is 271 g/mol. The van der Waals surface area contributed by atoms with Gasteiger partial charge in [0.05, 0.1) is 0 Å². The molecule has 0 radical (unpaired) electrons. The summed E-state index contributed by atoms with van der Waals surface area (Å²) < 4.78 is 22.1. The molecule has 1 N–H and O–H groups in total. The van der Waals surface area contributed by atoms with E-state index in [0.29, 0.717) is 21.5 Å². The van der Waals surface area contributed by atoms with E-state index >= 15 is 0 Å². The molecule has 6 heteroatoms. The molecular weight excluding hydrogens is 262 g/mol. The second kappa shape index (κ2) is 4.16. The highest BCUT2D eigenvalue weighted by atomic mass is 35.5. The van der Waals surface area contributed by atoms with E-state index in [-0.39, 0.29) is 0 Å². The number of sulfone groups is 1. The van der Waals surface area contributed by atoms with Gasteiger partial charge in [0.2, 0.25) is 0 Å². The van der Waals surface area contributed by atoms with E-state index in [0.717, 1.165) is 6.26 Å². The summed E-state index contributed by atoms with van der Waals surface area (Å²) in [6.07, 6.45) is 2.55. The van der Waals surface area contributed by atoms with E-state index in [9.17, 15) is 13.2 Å². The smallest absolute Gasteiger partial charge is 0.179 e. The molecule has 0 aliphatic heterocycles. The van der Waals surface area contributed by atoms with Crippen LogP contribution in [0.3, 0.4) is 0 Å². The Morgan fingerprint density at radius 1 is 1.41 bits per heavy atom. The Hall–Kier alpha value is -1.33. The maximum Gasteiger partial charge on any atom is 0.179 e. The fraction of sp³-hybridized carbons (Fsp3) is 0.182. The van der Waals surface area contributed by atoms with Crippen LogP contribution in [0, 0.1) is 0 Å². The maximum atomic E-state index is 11.8. The minimum Gasteiger partial charge on any atom is -0.360 e. The van der Waals surface area contributed by atoms with Crippen molar-refractivity contribution >= 4 is 38.1 Å². The van der Waals surface area contributed by atoms with Gasteiger partial charge in [-0.1, -0.05) is 17.7 Å². The van der Waals surface area contributed by atoms with Crippen molar-refractivity contribution in [2.24, 2.45) is 0 Å². The standard InChI is InChI=1S/C11H10ClNO3S/c1-17(15,16)6-11(14)9-5-13-10-4-7(12)2-3-8(9)10/h2-5,13H,6H2,1H3. The lowest BCUT2D eigenvalue weighted by molar-refractivity contribution is 0.102. The first-order valence-corrected chi connectivity index (χ1v) is 7.28. The molecule has 1 aromatic heterocycles. The van der Waals surface area contributed by atoms with Crippen LogP contribution in [0.1, 0.15) is 10.4 Å². The van der Waals surface area contributed by atoms with E-state index < -0.39 is 21.4 Å². The fourth-order valence-corrected chi connectivity index (χ4v) is 2.45. The van der Waals surface area contributed by atoms with E-state index in [1.165, 1.54) is 6.20 Å². The summed E-state index contributed by atoms with van der Waals surface area (Å²) in [6.45, 7) is 0. The molecular formula is C11H10ClNO3S. The fourth-order valence-electron chi connectivity index (χ4n) is 1.65. The van der Waals surface area contributed by atoms with Crippen LogP contribution in [0.25, 0.3) is 10.9 Å². The van der Waals surface area contributed by atoms with Crippen molar-refractivity contribution in [3.05, 3.63) is 35.0 Å². The highest BCUT2D eigenvalue weighted by Gasteiger charge is 2.16. The van der Waals surface area contributed by atoms with E-state index in [1.807, 2.05) is 0 Å². The number of benzene rings is 1. The summed E-state index contributed by atoms with van der Waals surface area (Å²) in [7, 11) is -3.32. The minimum atomic E-state index is -3.32. The topological polar surface area (TPSA) is 67.0 Å². The SMILES string of the molecule is CS(=O)(=O)CC(=O)c1c[nH]c2cc(Cl)ccc12. The lowest BCUT2D eigenvalue weighted by atomic mass is 10.1. The number of rotatable bonds is 3. The van der Waals surface area contributed by atoms with Gasteiger partial charge in [0.1, 0.15) is 5.75 Å². The van der Waals surface area contributed by atoms with Gasteiger partial charge >= 0.3 is 0 Å². The third-order valence-corrected chi connectivity index (χ3v) is 3.36. The molecule has 0 bridgehead atoms. The van der Waals surface area contributed by atoms with Crippen molar-refractivity contribution in [2.45, 2.75) is 0 Å². The third-order valence-electron chi connectivity index (χ3n) is 2.34. The van der Waals surface area contributed by atoms with Crippen molar-refractivity contribution in [2.75, 3.05) is 12.0 Å². The highest BCUT2D eigenvalue weighted by molar-refractivity contribution is 7.91. The molecule has 4 nitrogen and oxygen atoms in total. The van der Waals surface area contributed by atoms with Gasteiger partial charge in [-0.3, -0.25) is 4.79 Å². The number of halogens is 1. The van der Waals surface area contributed by atoms with Crippen molar-refractivity contribution in [1.29, 1.82) is 0 Å². The zero-order chi connectivity index (χ0) is 12.6. The molecule has 0 spiro atoms. The number of carbonyl (C=O) groups excluding carboxylic acids is 1. The molecule has 0 saturated carbocycles. The Labute approximate surface area is 104 Å². The maximum absolute atomic E-state index is 11.8. The van der Waals surface area contributed by atoms with Gasteiger partial charge in [-0.2, -0.15) is 0 Å². The number of hydrogen-bond donors (Lipinski definition) is 1. The summed E-state index contributed by atoms with van der Waals surface area (Å²) in [5, 5.41) is 1.24. The number of carbonyl (C=O) groups is 1. The first-order chi connectivity index (χ1) is 7.87. The molecule has 2 rings (SSSR count). The van der Waals surface area contributed by atoms with E-state index in [4.69, 9.17) is 11.6 Å². The van der Waals surface area contributed by atoms with Gasteiger partial charge in [0.15, 0.2) is 15.6 Å². The summed E-state index contributed by atoms with van der Waals surface area (Å²) in [6, 6.07) is 5.05. The molecule has 90 valence electrons. The van der Waals surface area contributed by atoms with Crippen LogP contribution in [-0.2, 0) is 9.84 Å². The Morgan fingerprint density at radius 2 is 2.12 bits per heavy atom. The number of Topliss-reactive ketones (excluding diaryl/α,β-unsaturated/α-hetero) is 1. The highest BCUT2D eigenvalue weighted by Crippen LogP contribution is 2.22. The number of aromatic amines is 1. The zero-order valence-electron chi connectivity index (χ0n) is 9.03. The molecule has 17 heavy (non-hydrogen) atoms. The van der Waals surface area contributed by atoms with Gasteiger partial charge in [-0.05, 0) is 12.1 Å². The minimum absolute atomic E-state index is 0.377. The molecule has 0 unspecified atom stereocenters. The van der Waals surface area contributed by atoms with Crippen LogP contribution in [0.2, 0.25) is 5.02 Å². The van der Waals surface area contributed by atoms with E-state index in [1.54, 1.807) is 18.2 Å². The van der Waals surface area contributed by atoms with Gasteiger partial charge in [-0.25, -0.2) is 8.42 Å². The molecule has 0 saturated heterocycles. The largest absolute Gasteiger partial charge is 0.360 e. The molecule has 1 heterocycles. The lowest BCUT2D eigenvalue weighted by Gasteiger charge is -1.98. The van der Waals surface area contributed by atoms with Crippen molar-refractivity contribution in [1.82, 2.24) is 4.98 Å². The number of ketones is 1. The van der Waals surface area contributed by atoms with Crippen molar-refractivity contribution in [3.63, 3.8) is 0 Å². The average Bonchev–Trinajstić information content (AvgIpc) is 2.57. The average molecular weight is 272 g/mol. The Kier molecular flexibility index (Phi) is 2.97. The van der Waals surface area contributed by atoms with Crippen molar-refractivity contribution in [3.8, 4) is 0 Å². The summed E-state index contributed by atoms with van der Waals surface area (Å²) >= 11 is 5.81. The number of H-pyrrole nitrogens is 1. The summed E-state index contributed by atoms with van der Waals surface area (Å²) in [4.78, 5) is 14.7. The third kappa shape index (κ3) is 2.68. The predicted octanol–water partition coefficient (Wildman–Crippen LogP) is 2.05.